The zero-order valence-electron chi connectivity index (χ0n) is 12.0. The molecule has 106 valence electrons. The van der Waals surface area contributed by atoms with Gasteiger partial charge in [-0.3, -0.25) is 4.79 Å². The van der Waals surface area contributed by atoms with Gasteiger partial charge in [-0.15, -0.1) is 0 Å². The van der Waals surface area contributed by atoms with E-state index in [0.717, 1.165) is 24.3 Å². The topological polar surface area (TPSA) is 50.4 Å². The minimum atomic E-state index is -0.194. The molecule has 0 aromatic heterocycles. The number of carbonyl (C=O) groups excluding carboxylic acids is 1. The third-order valence-electron chi connectivity index (χ3n) is 2.73. The van der Waals surface area contributed by atoms with Crippen LogP contribution in [0.25, 0.3) is 0 Å². The van der Waals surface area contributed by atoms with Gasteiger partial charge in [0.2, 0.25) is 5.91 Å². The van der Waals surface area contributed by atoms with E-state index in [9.17, 15) is 4.79 Å². The molecule has 0 aliphatic carbocycles. The van der Waals surface area contributed by atoms with Gasteiger partial charge in [0, 0.05) is 13.1 Å². The first kappa shape index (κ1) is 15.5. The maximum Gasteiger partial charge on any atom is 0.236 e. The third kappa shape index (κ3) is 5.75. The predicted octanol–water partition coefficient (Wildman–Crippen LogP) is 2.09. The van der Waals surface area contributed by atoms with E-state index in [-0.39, 0.29) is 11.9 Å². The summed E-state index contributed by atoms with van der Waals surface area (Å²) in [5.74, 6) is 0.910. The van der Waals surface area contributed by atoms with E-state index >= 15 is 0 Å². The summed E-state index contributed by atoms with van der Waals surface area (Å²) in [5.41, 5.74) is 1.12. The number of benzene rings is 1. The fourth-order valence-corrected chi connectivity index (χ4v) is 1.66. The number of hydrogen-bond donors (Lipinski definition) is 2. The number of carbonyl (C=O) groups is 1. The highest BCUT2D eigenvalue weighted by Gasteiger charge is 2.10. The smallest absolute Gasteiger partial charge is 0.236 e. The average molecular weight is 264 g/mol. The Hall–Kier alpha value is -1.55. The first-order valence-electron chi connectivity index (χ1n) is 6.90. The van der Waals surface area contributed by atoms with Crippen molar-refractivity contribution in [3.63, 3.8) is 0 Å². The van der Waals surface area contributed by atoms with Gasteiger partial charge in [-0.05, 0) is 38.0 Å². The van der Waals surface area contributed by atoms with Crippen LogP contribution in [0.1, 0.15) is 32.8 Å². The van der Waals surface area contributed by atoms with Crippen molar-refractivity contribution in [1.29, 1.82) is 0 Å². The quantitative estimate of drug-likeness (QED) is 0.756. The summed E-state index contributed by atoms with van der Waals surface area (Å²) in [7, 11) is 0. The molecule has 4 heteroatoms. The lowest BCUT2D eigenvalue weighted by molar-refractivity contribution is -0.122. The summed E-state index contributed by atoms with van der Waals surface area (Å²) in [4.78, 5) is 11.6. The molecule has 1 atom stereocenters. The fourth-order valence-electron chi connectivity index (χ4n) is 1.66. The van der Waals surface area contributed by atoms with Gasteiger partial charge in [0.15, 0.2) is 0 Å². The second kappa shape index (κ2) is 8.53. The van der Waals surface area contributed by atoms with Gasteiger partial charge in [0.05, 0.1) is 12.6 Å². The average Bonchev–Trinajstić information content (AvgIpc) is 2.43. The monoisotopic (exact) mass is 264 g/mol. The Bertz CT molecular complexity index is 393. The van der Waals surface area contributed by atoms with Gasteiger partial charge in [-0.2, -0.15) is 0 Å². The molecular weight excluding hydrogens is 240 g/mol. The van der Waals surface area contributed by atoms with Gasteiger partial charge in [0.1, 0.15) is 5.75 Å². The molecule has 1 rings (SSSR count). The molecule has 4 nitrogen and oxygen atoms in total. The summed E-state index contributed by atoms with van der Waals surface area (Å²) in [6.07, 6.45) is 0.997. The fraction of sp³-hybridized carbons (Fsp3) is 0.533. The molecule has 0 saturated heterocycles. The highest BCUT2D eigenvalue weighted by atomic mass is 16.5. The largest absolute Gasteiger partial charge is 0.494 e. The first-order chi connectivity index (χ1) is 9.17. The Morgan fingerprint density at radius 3 is 2.84 bits per heavy atom. The summed E-state index contributed by atoms with van der Waals surface area (Å²) in [5, 5.41) is 5.99. The Balaban J connectivity index is 2.46. The van der Waals surface area contributed by atoms with Crippen LogP contribution in [0.2, 0.25) is 0 Å². The van der Waals surface area contributed by atoms with Crippen LogP contribution in [-0.4, -0.2) is 25.1 Å². The van der Waals surface area contributed by atoms with E-state index in [1.165, 1.54) is 0 Å². The van der Waals surface area contributed by atoms with Crippen LogP contribution >= 0.6 is 0 Å². The molecule has 0 radical (unpaired) electrons. The molecule has 0 bridgehead atoms. The van der Waals surface area contributed by atoms with Crippen molar-refractivity contribution in [3.8, 4) is 5.75 Å². The van der Waals surface area contributed by atoms with Crippen LogP contribution in [0, 0.1) is 0 Å². The third-order valence-corrected chi connectivity index (χ3v) is 2.73. The lowest BCUT2D eigenvalue weighted by atomic mass is 10.2. The Morgan fingerprint density at radius 2 is 2.16 bits per heavy atom. The van der Waals surface area contributed by atoms with Crippen LogP contribution in [-0.2, 0) is 11.3 Å². The van der Waals surface area contributed by atoms with Crippen molar-refractivity contribution in [2.75, 3.05) is 13.2 Å². The van der Waals surface area contributed by atoms with Crippen LogP contribution in [0.3, 0.4) is 0 Å². The zero-order chi connectivity index (χ0) is 14.1. The lowest BCUT2D eigenvalue weighted by Gasteiger charge is -2.13. The molecule has 0 aliphatic rings. The standard InChI is InChI=1S/C15H24N2O2/c1-4-9-19-14-8-6-7-13(10-14)11-17-12(3)15(18)16-5-2/h6-8,10,12,17H,4-5,9,11H2,1-3H3,(H,16,18). The minimum absolute atomic E-state index is 0.0286. The molecule has 0 saturated carbocycles. The van der Waals surface area contributed by atoms with Gasteiger partial charge in [-0.25, -0.2) is 0 Å². The Kier molecular flexibility index (Phi) is 6.97. The minimum Gasteiger partial charge on any atom is -0.494 e. The SMILES string of the molecule is CCCOc1cccc(CNC(C)C(=O)NCC)c1. The van der Waals surface area contributed by atoms with E-state index in [1.807, 2.05) is 38.1 Å². The van der Waals surface area contributed by atoms with Gasteiger partial charge in [-0.1, -0.05) is 19.1 Å². The molecule has 19 heavy (non-hydrogen) atoms. The molecule has 0 spiro atoms. The van der Waals surface area contributed by atoms with E-state index < -0.39 is 0 Å². The van der Waals surface area contributed by atoms with Gasteiger partial charge in [0.25, 0.3) is 0 Å². The number of hydrogen-bond acceptors (Lipinski definition) is 3. The molecule has 2 N–H and O–H groups in total. The van der Waals surface area contributed by atoms with Gasteiger partial charge < -0.3 is 15.4 Å². The molecule has 1 aromatic rings. The van der Waals surface area contributed by atoms with E-state index in [0.29, 0.717) is 13.1 Å². The highest BCUT2D eigenvalue weighted by molar-refractivity contribution is 5.81. The van der Waals surface area contributed by atoms with Crippen molar-refractivity contribution in [2.24, 2.45) is 0 Å². The highest BCUT2D eigenvalue weighted by Crippen LogP contribution is 2.13. The maximum atomic E-state index is 11.6. The molecule has 1 aromatic carbocycles. The van der Waals surface area contributed by atoms with Gasteiger partial charge >= 0.3 is 0 Å². The van der Waals surface area contributed by atoms with Crippen LogP contribution < -0.4 is 15.4 Å². The van der Waals surface area contributed by atoms with Crippen molar-refractivity contribution in [1.82, 2.24) is 10.6 Å². The molecular formula is C15H24N2O2. The second-order valence-corrected chi connectivity index (χ2v) is 4.49. The predicted molar refractivity (Wildman–Crippen MR) is 77.2 cm³/mol. The number of rotatable bonds is 8. The van der Waals surface area contributed by atoms with Crippen molar-refractivity contribution in [3.05, 3.63) is 29.8 Å². The number of nitrogens with one attached hydrogen (secondary N) is 2. The number of amides is 1. The van der Waals surface area contributed by atoms with Crippen LogP contribution in [0.4, 0.5) is 0 Å². The lowest BCUT2D eigenvalue weighted by Crippen LogP contribution is -2.41. The molecule has 0 aliphatic heterocycles. The maximum absolute atomic E-state index is 11.6. The molecule has 0 fully saturated rings. The normalized spacial score (nSPS) is 11.9. The number of likely N-dealkylation sites (N-methyl/N-ethyl adjacent to an activating group) is 1. The summed E-state index contributed by atoms with van der Waals surface area (Å²) < 4.78 is 5.58. The Morgan fingerprint density at radius 1 is 1.37 bits per heavy atom. The molecule has 0 heterocycles. The summed E-state index contributed by atoms with van der Waals surface area (Å²) >= 11 is 0. The summed E-state index contributed by atoms with van der Waals surface area (Å²) in [6, 6.07) is 7.76. The van der Waals surface area contributed by atoms with Crippen LogP contribution in [0.5, 0.6) is 5.75 Å². The van der Waals surface area contributed by atoms with E-state index in [1.54, 1.807) is 0 Å². The van der Waals surface area contributed by atoms with Crippen LogP contribution in [0.15, 0.2) is 24.3 Å². The summed E-state index contributed by atoms with van der Waals surface area (Å²) in [6.45, 7) is 7.90. The number of ether oxygens (including phenoxy) is 1. The molecule has 1 unspecified atom stereocenters. The van der Waals surface area contributed by atoms with Crippen molar-refractivity contribution < 1.29 is 9.53 Å². The van der Waals surface area contributed by atoms with Crippen molar-refractivity contribution >= 4 is 5.91 Å². The van der Waals surface area contributed by atoms with E-state index in [4.69, 9.17) is 4.74 Å². The first-order valence-corrected chi connectivity index (χ1v) is 6.90. The van der Waals surface area contributed by atoms with Crippen molar-refractivity contribution in [2.45, 2.75) is 39.8 Å². The Labute approximate surface area is 115 Å². The molecule has 1 amide bonds. The zero-order valence-corrected chi connectivity index (χ0v) is 12.0. The second-order valence-electron chi connectivity index (χ2n) is 4.49. The van der Waals surface area contributed by atoms with E-state index in [2.05, 4.69) is 17.6 Å².